The molecule has 3 aromatic rings. The van der Waals surface area contributed by atoms with E-state index in [0.717, 1.165) is 28.5 Å². The average molecular weight is 348 g/mol. The second-order valence-corrected chi connectivity index (χ2v) is 5.64. The quantitative estimate of drug-likeness (QED) is 0.617. The molecular formula is C17H12BrF2N. The molecule has 0 saturated heterocycles. The number of nitrogens with one attached hydrogen (secondary N) is 1. The summed E-state index contributed by atoms with van der Waals surface area (Å²) in [5, 5.41) is 5.21. The number of hydrogen-bond acceptors (Lipinski definition) is 1. The first kappa shape index (κ1) is 14.0. The van der Waals surface area contributed by atoms with Crippen LogP contribution in [0.3, 0.4) is 0 Å². The number of rotatable bonds is 3. The number of hydrogen-bond donors (Lipinski definition) is 1. The van der Waals surface area contributed by atoms with Crippen molar-refractivity contribution in [1.29, 1.82) is 0 Å². The number of anilines is 1. The van der Waals surface area contributed by atoms with Gasteiger partial charge >= 0.3 is 0 Å². The highest BCUT2D eigenvalue weighted by Crippen LogP contribution is 2.24. The van der Waals surface area contributed by atoms with Crippen LogP contribution in [0.4, 0.5) is 14.5 Å². The predicted molar refractivity (Wildman–Crippen MR) is 85.3 cm³/mol. The Hall–Kier alpha value is -1.94. The van der Waals surface area contributed by atoms with Crippen molar-refractivity contribution in [3.05, 3.63) is 76.3 Å². The van der Waals surface area contributed by atoms with Crippen molar-refractivity contribution in [1.82, 2.24) is 0 Å². The molecule has 0 radical (unpaired) electrons. The fourth-order valence-electron chi connectivity index (χ4n) is 2.20. The molecule has 1 N–H and O–H groups in total. The third kappa shape index (κ3) is 3.05. The molecule has 0 bridgehead atoms. The van der Waals surface area contributed by atoms with Gasteiger partial charge in [-0.25, -0.2) is 8.78 Å². The summed E-state index contributed by atoms with van der Waals surface area (Å²) >= 11 is 2.96. The first-order valence-electron chi connectivity index (χ1n) is 6.49. The topological polar surface area (TPSA) is 12.0 Å². The summed E-state index contributed by atoms with van der Waals surface area (Å²) in [6.45, 7) is 0.433. The standard InChI is InChI=1S/C17H12BrF2N/c18-14-8-16(20)17(9-15(14)19)21-10-11-5-6-12-3-1-2-4-13(12)7-11/h1-9,21H,10H2. The van der Waals surface area contributed by atoms with E-state index in [2.05, 4.69) is 21.2 Å². The molecule has 0 unspecified atom stereocenters. The Morgan fingerprint density at radius 1 is 0.857 bits per heavy atom. The molecule has 3 aromatic carbocycles. The van der Waals surface area contributed by atoms with Crippen LogP contribution in [-0.4, -0.2) is 0 Å². The van der Waals surface area contributed by atoms with Crippen LogP contribution < -0.4 is 5.32 Å². The van der Waals surface area contributed by atoms with Crippen LogP contribution in [0.1, 0.15) is 5.56 Å². The van der Waals surface area contributed by atoms with Gasteiger partial charge in [0, 0.05) is 12.6 Å². The zero-order valence-electron chi connectivity index (χ0n) is 11.0. The van der Waals surface area contributed by atoms with Crippen molar-refractivity contribution in [3.63, 3.8) is 0 Å². The SMILES string of the molecule is Fc1cc(NCc2ccc3ccccc3c2)c(F)cc1Br. The van der Waals surface area contributed by atoms with Crippen molar-refractivity contribution in [2.45, 2.75) is 6.54 Å². The Bertz CT molecular complexity index is 802. The van der Waals surface area contributed by atoms with Gasteiger partial charge in [-0.3, -0.25) is 0 Å². The fourth-order valence-corrected chi connectivity index (χ4v) is 2.52. The van der Waals surface area contributed by atoms with Crippen molar-refractivity contribution in [2.75, 3.05) is 5.32 Å². The minimum Gasteiger partial charge on any atom is -0.379 e. The zero-order chi connectivity index (χ0) is 14.8. The molecule has 0 aliphatic carbocycles. The fraction of sp³-hybridized carbons (Fsp3) is 0.0588. The van der Waals surface area contributed by atoms with Gasteiger partial charge in [-0.2, -0.15) is 0 Å². The molecule has 1 nitrogen and oxygen atoms in total. The minimum atomic E-state index is -0.489. The van der Waals surface area contributed by atoms with Gasteiger partial charge < -0.3 is 5.32 Å². The third-order valence-corrected chi connectivity index (χ3v) is 3.91. The lowest BCUT2D eigenvalue weighted by atomic mass is 10.1. The maximum Gasteiger partial charge on any atom is 0.147 e. The first-order valence-corrected chi connectivity index (χ1v) is 7.29. The van der Waals surface area contributed by atoms with E-state index in [1.807, 2.05) is 42.5 Å². The Morgan fingerprint density at radius 2 is 1.62 bits per heavy atom. The van der Waals surface area contributed by atoms with E-state index in [0.29, 0.717) is 6.54 Å². The van der Waals surface area contributed by atoms with Crippen LogP contribution >= 0.6 is 15.9 Å². The largest absolute Gasteiger partial charge is 0.379 e. The molecule has 0 aliphatic heterocycles. The van der Waals surface area contributed by atoms with Crippen LogP contribution in [0.2, 0.25) is 0 Å². The van der Waals surface area contributed by atoms with E-state index in [1.165, 1.54) is 0 Å². The molecule has 0 spiro atoms. The molecular weight excluding hydrogens is 336 g/mol. The van der Waals surface area contributed by atoms with Gasteiger partial charge in [0.1, 0.15) is 11.6 Å². The normalized spacial score (nSPS) is 10.8. The summed E-state index contributed by atoms with van der Waals surface area (Å²) in [5.74, 6) is -0.971. The molecule has 21 heavy (non-hydrogen) atoms. The molecule has 0 amide bonds. The molecule has 106 valence electrons. The molecule has 0 saturated carbocycles. The molecule has 0 aromatic heterocycles. The van der Waals surface area contributed by atoms with Crippen molar-refractivity contribution in [2.24, 2.45) is 0 Å². The van der Waals surface area contributed by atoms with Gasteiger partial charge in [0.25, 0.3) is 0 Å². The maximum atomic E-state index is 13.7. The Kier molecular flexibility index (Phi) is 3.88. The summed E-state index contributed by atoms with van der Waals surface area (Å²) in [6.07, 6.45) is 0. The molecule has 3 rings (SSSR count). The summed E-state index contributed by atoms with van der Waals surface area (Å²) < 4.78 is 27.3. The average Bonchev–Trinajstić information content (AvgIpc) is 2.49. The number of fused-ring (bicyclic) bond motifs is 1. The van der Waals surface area contributed by atoms with E-state index >= 15 is 0 Å². The maximum absolute atomic E-state index is 13.7. The molecule has 4 heteroatoms. The Labute approximate surface area is 129 Å². The van der Waals surface area contributed by atoms with Gasteiger partial charge in [-0.15, -0.1) is 0 Å². The second kappa shape index (κ2) is 5.82. The molecule has 0 aliphatic rings. The van der Waals surface area contributed by atoms with Gasteiger partial charge in [-0.05, 0) is 44.4 Å². The lowest BCUT2D eigenvalue weighted by molar-refractivity contribution is 0.596. The van der Waals surface area contributed by atoms with E-state index in [-0.39, 0.29) is 10.2 Å². The van der Waals surface area contributed by atoms with Crippen molar-refractivity contribution < 1.29 is 8.78 Å². The second-order valence-electron chi connectivity index (χ2n) is 4.78. The van der Waals surface area contributed by atoms with Gasteiger partial charge in [0.15, 0.2) is 0 Å². The Morgan fingerprint density at radius 3 is 2.43 bits per heavy atom. The lowest BCUT2D eigenvalue weighted by Crippen LogP contribution is -2.02. The molecule has 0 atom stereocenters. The minimum absolute atomic E-state index is 0.122. The molecule has 0 heterocycles. The summed E-state index contributed by atoms with van der Waals surface area (Å²) in [7, 11) is 0. The van der Waals surface area contributed by atoms with E-state index in [9.17, 15) is 8.78 Å². The van der Waals surface area contributed by atoms with E-state index in [1.54, 1.807) is 0 Å². The molecule has 0 fully saturated rings. The van der Waals surface area contributed by atoms with Gasteiger partial charge in [-0.1, -0.05) is 36.4 Å². The smallest absolute Gasteiger partial charge is 0.147 e. The number of halogens is 3. The van der Waals surface area contributed by atoms with Gasteiger partial charge in [0.05, 0.1) is 10.2 Å². The van der Waals surface area contributed by atoms with Crippen LogP contribution in [0.15, 0.2) is 59.1 Å². The summed E-state index contributed by atoms with van der Waals surface area (Å²) in [4.78, 5) is 0. The van der Waals surface area contributed by atoms with Crippen molar-refractivity contribution >= 4 is 32.4 Å². The van der Waals surface area contributed by atoms with Crippen LogP contribution in [0.25, 0.3) is 10.8 Å². The van der Waals surface area contributed by atoms with Crippen molar-refractivity contribution in [3.8, 4) is 0 Å². The van der Waals surface area contributed by atoms with E-state index in [4.69, 9.17) is 0 Å². The predicted octanol–water partition coefficient (Wildman–Crippen LogP) is 5.49. The third-order valence-electron chi connectivity index (χ3n) is 3.31. The highest BCUT2D eigenvalue weighted by molar-refractivity contribution is 9.10. The van der Waals surface area contributed by atoms with Crippen LogP contribution in [0, 0.1) is 11.6 Å². The lowest BCUT2D eigenvalue weighted by Gasteiger charge is -2.09. The summed E-state index contributed by atoms with van der Waals surface area (Å²) in [6, 6.07) is 16.3. The Balaban J connectivity index is 1.81. The highest BCUT2D eigenvalue weighted by Gasteiger charge is 2.08. The first-order chi connectivity index (χ1) is 10.1. The van der Waals surface area contributed by atoms with Gasteiger partial charge in [0.2, 0.25) is 0 Å². The number of benzene rings is 3. The summed E-state index contributed by atoms with van der Waals surface area (Å²) in [5.41, 5.74) is 1.17. The monoisotopic (exact) mass is 347 g/mol. The van der Waals surface area contributed by atoms with Crippen LogP contribution in [0.5, 0.6) is 0 Å². The highest BCUT2D eigenvalue weighted by atomic mass is 79.9. The van der Waals surface area contributed by atoms with E-state index < -0.39 is 11.6 Å². The zero-order valence-corrected chi connectivity index (χ0v) is 12.6. The van der Waals surface area contributed by atoms with Crippen LogP contribution in [-0.2, 0) is 6.54 Å².